The van der Waals surface area contributed by atoms with E-state index in [9.17, 15) is 9.59 Å². The lowest BCUT2D eigenvalue weighted by Gasteiger charge is -2.08. The van der Waals surface area contributed by atoms with Gasteiger partial charge in [-0.05, 0) is 43.3 Å². The number of hydrogen-bond acceptors (Lipinski definition) is 5. The first-order valence-electron chi connectivity index (χ1n) is 8.28. The normalized spacial score (nSPS) is 10.4. The number of carbonyl (C=O) groups excluding carboxylic acids is 1. The Morgan fingerprint density at radius 3 is 2.48 bits per heavy atom. The number of halogens is 1. The molecule has 0 saturated carbocycles. The Labute approximate surface area is 160 Å². The van der Waals surface area contributed by atoms with Crippen molar-refractivity contribution < 1.29 is 9.53 Å². The van der Waals surface area contributed by atoms with E-state index < -0.39 is 5.69 Å². The molecule has 1 heterocycles. The van der Waals surface area contributed by atoms with E-state index in [2.05, 4.69) is 15.4 Å². The maximum atomic E-state index is 12.2. The van der Waals surface area contributed by atoms with Gasteiger partial charge in [-0.2, -0.15) is 10.1 Å². The molecule has 0 aliphatic carbocycles. The molecule has 0 fully saturated rings. The minimum absolute atomic E-state index is 0.236. The Hall–Kier alpha value is -3.19. The number of nitrogens with zero attached hydrogens (tertiary/aromatic N) is 3. The van der Waals surface area contributed by atoms with E-state index in [-0.39, 0.29) is 12.5 Å². The fourth-order valence-corrected chi connectivity index (χ4v) is 2.50. The molecule has 27 heavy (non-hydrogen) atoms. The number of rotatable bonds is 6. The molecule has 8 heteroatoms. The van der Waals surface area contributed by atoms with Crippen molar-refractivity contribution in [1.29, 1.82) is 0 Å². The molecule has 3 rings (SSSR count). The monoisotopic (exact) mass is 384 g/mol. The van der Waals surface area contributed by atoms with Crippen molar-refractivity contribution in [3.63, 3.8) is 0 Å². The van der Waals surface area contributed by atoms with Crippen molar-refractivity contribution in [2.24, 2.45) is 0 Å². The molecule has 0 atom stereocenters. The summed E-state index contributed by atoms with van der Waals surface area (Å²) in [5, 5.41) is 7.32. The van der Waals surface area contributed by atoms with Gasteiger partial charge in [-0.3, -0.25) is 4.79 Å². The fraction of sp³-hybridized carbons (Fsp3) is 0.158. The van der Waals surface area contributed by atoms with E-state index in [0.29, 0.717) is 23.0 Å². The molecular weight excluding hydrogens is 368 g/mol. The van der Waals surface area contributed by atoms with Crippen LogP contribution in [0, 0.1) is 0 Å². The number of ether oxygens (including phenoxy) is 1. The Morgan fingerprint density at radius 1 is 1.15 bits per heavy atom. The van der Waals surface area contributed by atoms with Gasteiger partial charge in [0.25, 0.3) is 0 Å². The average molecular weight is 385 g/mol. The van der Waals surface area contributed by atoms with Gasteiger partial charge in [-0.25, -0.2) is 9.48 Å². The Kier molecular flexibility index (Phi) is 5.83. The highest BCUT2D eigenvalue weighted by Gasteiger charge is 2.09. The van der Waals surface area contributed by atoms with Gasteiger partial charge in [0.1, 0.15) is 12.3 Å². The van der Waals surface area contributed by atoms with Crippen LogP contribution in [-0.2, 0) is 11.3 Å². The minimum atomic E-state index is -0.607. The van der Waals surface area contributed by atoms with Crippen LogP contribution in [0.3, 0.4) is 0 Å². The summed E-state index contributed by atoms with van der Waals surface area (Å²) < 4.78 is 6.35. The largest absolute Gasteiger partial charge is 0.494 e. The topological polar surface area (TPSA) is 86.1 Å². The Bertz CT molecular complexity index is 985. The van der Waals surface area contributed by atoms with E-state index in [1.54, 1.807) is 48.5 Å². The molecule has 3 aromatic rings. The summed E-state index contributed by atoms with van der Waals surface area (Å²) in [6.45, 7) is 2.23. The lowest BCUT2D eigenvalue weighted by Crippen LogP contribution is -2.31. The molecule has 0 spiro atoms. The molecule has 1 aromatic heterocycles. The molecule has 1 amide bonds. The van der Waals surface area contributed by atoms with Gasteiger partial charge in [-0.1, -0.05) is 23.7 Å². The Morgan fingerprint density at radius 2 is 1.85 bits per heavy atom. The molecular formula is C19H17ClN4O3. The molecule has 138 valence electrons. The van der Waals surface area contributed by atoms with Crippen LogP contribution in [0.15, 0.2) is 59.5 Å². The quantitative estimate of drug-likeness (QED) is 0.706. The van der Waals surface area contributed by atoms with E-state index in [0.717, 1.165) is 16.0 Å². The lowest BCUT2D eigenvalue weighted by molar-refractivity contribution is -0.117. The molecule has 7 nitrogen and oxygen atoms in total. The molecule has 0 radical (unpaired) electrons. The number of anilines is 1. The third kappa shape index (κ3) is 4.92. The van der Waals surface area contributed by atoms with Gasteiger partial charge in [0.2, 0.25) is 5.91 Å². The summed E-state index contributed by atoms with van der Waals surface area (Å²) in [5.41, 5.74) is 1.13. The first kappa shape index (κ1) is 18.6. The number of carbonyl (C=O) groups is 1. The second kappa shape index (κ2) is 8.46. The highest BCUT2D eigenvalue weighted by molar-refractivity contribution is 6.30. The molecule has 0 unspecified atom stereocenters. The highest BCUT2D eigenvalue weighted by atomic mass is 35.5. The molecule has 0 saturated heterocycles. The second-order valence-corrected chi connectivity index (χ2v) is 6.03. The first-order chi connectivity index (χ1) is 13.0. The zero-order valence-electron chi connectivity index (χ0n) is 14.6. The number of aromatic nitrogens is 3. The standard InChI is InChI=1S/C19H17ClN4O3/c1-2-27-16-9-7-15(8-10-16)22-18(25)12-24-19(26)23-17(11-21-24)13-3-5-14(20)6-4-13/h3-11H,2,12H2,1H3,(H,22,25). The van der Waals surface area contributed by atoms with Crippen LogP contribution in [0.4, 0.5) is 5.69 Å². The third-order valence-electron chi connectivity index (χ3n) is 3.64. The third-order valence-corrected chi connectivity index (χ3v) is 3.89. The van der Waals surface area contributed by atoms with Crippen LogP contribution >= 0.6 is 11.6 Å². The van der Waals surface area contributed by atoms with Gasteiger partial charge in [0, 0.05) is 16.3 Å². The van der Waals surface area contributed by atoms with Crippen molar-refractivity contribution in [3.8, 4) is 17.0 Å². The van der Waals surface area contributed by atoms with Gasteiger partial charge in [0.05, 0.1) is 18.5 Å². The summed E-state index contributed by atoms with van der Waals surface area (Å²) in [5.74, 6) is 0.338. The minimum Gasteiger partial charge on any atom is -0.494 e. The van der Waals surface area contributed by atoms with Crippen molar-refractivity contribution in [2.45, 2.75) is 13.5 Å². The van der Waals surface area contributed by atoms with Crippen LogP contribution in [0.25, 0.3) is 11.3 Å². The number of benzene rings is 2. The molecule has 1 N–H and O–H groups in total. The number of amides is 1. The van der Waals surface area contributed by atoms with Gasteiger partial charge < -0.3 is 10.1 Å². The van der Waals surface area contributed by atoms with Crippen molar-refractivity contribution >= 4 is 23.2 Å². The molecule has 2 aromatic carbocycles. The van der Waals surface area contributed by atoms with E-state index in [1.807, 2.05) is 6.92 Å². The summed E-state index contributed by atoms with van der Waals surface area (Å²) in [6.07, 6.45) is 1.44. The number of nitrogens with one attached hydrogen (secondary N) is 1. The van der Waals surface area contributed by atoms with Crippen molar-refractivity contribution in [3.05, 3.63) is 70.2 Å². The zero-order valence-corrected chi connectivity index (χ0v) is 15.3. The summed E-state index contributed by atoms with van der Waals surface area (Å²) >= 11 is 5.85. The predicted molar refractivity (Wildman–Crippen MR) is 103 cm³/mol. The summed E-state index contributed by atoms with van der Waals surface area (Å²) in [6, 6.07) is 13.9. The van der Waals surface area contributed by atoms with Crippen LogP contribution in [0.2, 0.25) is 5.02 Å². The molecule has 0 aliphatic heterocycles. The Balaban J connectivity index is 1.67. The van der Waals surface area contributed by atoms with Crippen LogP contribution in [0.1, 0.15) is 6.92 Å². The first-order valence-corrected chi connectivity index (χ1v) is 8.66. The molecule has 0 bridgehead atoms. The van der Waals surface area contributed by atoms with E-state index >= 15 is 0 Å². The SMILES string of the molecule is CCOc1ccc(NC(=O)Cn2ncc(-c3ccc(Cl)cc3)nc2=O)cc1. The van der Waals surface area contributed by atoms with Gasteiger partial charge >= 0.3 is 5.69 Å². The van der Waals surface area contributed by atoms with Crippen LogP contribution in [0.5, 0.6) is 5.75 Å². The van der Waals surface area contributed by atoms with Crippen LogP contribution in [-0.4, -0.2) is 27.3 Å². The molecule has 0 aliphatic rings. The lowest BCUT2D eigenvalue weighted by atomic mass is 10.2. The average Bonchev–Trinajstić information content (AvgIpc) is 2.66. The zero-order chi connectivity index (χ0) is 19.2. The summed E-state index contributed by atoms with van der Waals surface area (Å²) in [7, 11) is 0. The highest BCUT2D eigenvalue weighted by Crippen LogP contribution is 2.18. The van der Waals surface area contributed by atoms with E-state index in [4.69, 9.17) is 16.3 Å². The smallest absolute Gasteiger partial charge is 0.365 e. The maximum absolute atomic E-state index is 12.2. The van der Waals surface area contributed by atoms with Gasteiger partial charge in [0.15, 0.2) is 0 Å². The van der Waals surface area contributed by atoms with Crippen LogP contribution < -0.4 is 15.7 Å². The van der Waals surface area contributed by atoms with Crippen molar-refractivity contribution in [1.82, 2.24) is 14.8 Å². The maximum Gasteiger partial charge on any atom is 0.365 e. The van der Waals surface area contributed by atoms with E-state index in [1.165, 1.54) is 6.20 Å². The van der Waals surface area contributed by atoms with Crippen molar-refractivity contribution in [2.75, 3.05) is 11.9 Å². The fourth-order valence-electron chi connectivity index (χ4n) is 2.37. The number of hydrogen-bond donors (Lipinski definition) is 1. The van der Waals surface area contributed by atoms with Gasteiger partial charge in [-0.15, -0.1) is 0 Å². The second-order valence-electron chi connectivity index (χ2n) is 5.59. The predicted octanol–water partition coefficient (Wildman–Crippen LogP) is 3.00. The summed E-state index contributed by atoms with van der Waals surface area (Å²) in [4.78, 5) is 28.3.